The second kappa shape index (κ2) is 11.3. The Morgan fingerprint density at radius 3 is 2.39 bits per heavy atom. The van der Waals surface area contributed by atoms with Crippen molar-refractivity contribution < 1.29 is 5.11 Å². The summed E-state index contributed by atoms with van der Waals surface area (Å²) in [5.74, 6) is 0. The zero-order valence-electron chi connectivity index (χ0n) is 12.4. The molecule has 1 N–H and O–H groups in total. The van der Waals surface area contributed by atoms with E-state index >= 15 is 0 Å². The molecular formula is C17H30O. The molecule has 0 rings (SSSR count). The molecule has 1 atom stereocenters. The van der Waals surface area contributed by atoms with E-state index in [1.54, 1.807) is 0 Å². The number of hydrogen-bond acceptors (Lipinski definition) is 1. The van der Waals surface area contributed by atoms with Crippen molar-refractivity contribution in [1.82, 2.24) is 0 Å². The van der Waals surface area contributed by atoms with Gasteiger partial charge in [-0.3, -0.25) is 0 Å². The Labute approximate surface area is 113 Å². The highest BCUT2D eigenvalue weighted by molar-refractivity contribution is 5.24. The van der Waals surface area contributed by atoms with E-state index in [1.165, 1.54) is 18.4 Å². The summed E-state index contributed by atoms with van der Waals surface area (Å²) >= 11 is 0. The first-order valence-electron chi connectivity index (χ1n) is 7.30. The second-order valence-corrected chi connectivity index (χ2v) is 5.06. The van der Waals surface area contributed by atoms with Gasteiger partial charge in [0.05, 0.1) is 6.10 Å². The Hall–Kier alpha value is -0.820. The monoisotopic (exact) mass is 250 g/mol. The molecule has 0 aromatic carbocycles. The van der Waals surface area contributed by atoms with E-state index in [-0.39, 0.29) is 6.10 Å². The highest BCUT2D eigenvalue weighted by atomic mass is 16.3. The molecule has 0 radical (unpaired) electrons. The molecule has 0 spiro atoms. The first-order chi connectivity index (χ1) is 8.63. The van der Waals surface area contributed by atoms with E-state index in [0.717, 1.165) is 37.7 Å². The van der Waals surface area contributed by atoms with Crippen LogP contribution in [0, 0.1) is 0 Å². The predicted molar refractivity (Wildman–Crippen MR) is 81.7 cm³/mol. The highest BCUT2D eigenvalue weighted by Crippen LogP contribution is 2.14. The van der Waals surface area contributed by atoms with Gasteiger partial charge >= 0.3 is 0 Å². The molecule has 1 nitrogen and oxygen atoms in total. The van der Waals surface area contributed by atoms with Crippen LogP contribution in [0.4, 0.5) is 0 Å². The van der Waals surface area contributed by atoms with Gasteiger partial charge in [-0.15, -0.1) is 0 Å². The van der Waals surface area contributed by atoms with Gasteiger partial charge in [-0.2, -0.15) is 0 Å². The van der Waals surface area contributed by atoms with Crippen molar-refractivity contribution in [1.29, 1.82) is 0 Å². The molecule has 0 saturated carbocycles. The van der Waals surface area contributed by atoms with E-state index < -0.39 is 0 Å². The summed E-state index contributed by atoms with van der Waals surface area (Å²) < 4.78 is 0. The summed E-state index contributed by atoms with van der Waals surface area (Å²) in [6, 6.07) is 0. The zero-order chi connectivity index (χ0) is 13.8. The van der Waals surface area contributed by atoms with Crippen LogP contribution in [-0.2, 0) is 0 Å². The molecule has 104 valence electrons. The van der Waals surface area contributed by atoms with Gasteiger partial charge in [0.1, 0.15) is 0 Å². The molecule has 0 fully saturated rings. The van der Waals surface area contributed by atoms with Crippen molar-refractivity contribution >= 4 is 0 Å². The van der Waals surface area contributed by atoms with Gasteiger partial charge in [0.25, 0.3) is 0 Å². The maximum Gasteiger partial charge on any atom is 0.0580 e. The lowest BCUT2D eigenvalue weighted by Crippen LogP contribution is -2.06. The van der Waals surface area contributed by atoms with Gasteiger partial charge in [0.15, 0.2) is 0 Å². The van der Waals surface area contributed by atoms with Crippen LogP contribution in [0.15, 0.2) is 36.0 Å². The molecule has 0 aromatic rings. The van der Waals surface area contributed by atoms with E-state index in [1.807, 2.05) is 6.08 Å². The fourth-order valence-corrected chi connectivity index (χ4v) is 1.82. The van der Waals surface area contributed by atoms with Gasteiger partial charge in [0, 0.05) is 0 Å². The van der Waals surface area contributed by atoms with Gasteiger partial charge in [-0.1, -0.05) is 63.5 Å². The van der Waals surface area contributed by atoms with Crippen LogP contribution < -0.4 is 0 Å². The maximum absolute atomic E-state index is 9.88. The third-order valence-corrected chi connectivity index (χ3v) is 3.13. The van der Waals surface area contributed by atoms with Crippen molar-refractivity contribution in [2.24, 2.45) is 0 Å². The van der Waals surface area contributed by atoms with Crippen LogP contribution in [0.25, 0.3) is 0 Å². The first kappa shape index (κ1) is 17.2. The van der Waals surface area contributed by atoms with Gasteiger partial charge in [-0.05, 0) is 38.2 Å². The largest absolute Gasteiger partial charge is 0.393 e. The molecule has 1 unspecified atom stereocenters. The standard InChI is InChI=1S/C17H30O/c1-5-8-10-15(4)12-13-16(7-3)14-17(18)11-9-6-2/h7,12-13,17-18H,3,5-6,8-11,14H2,1-2,4H3/b15-12-,16-13+. The fourth-order valence-electron chi connectivity index (χ4n) is 1.82. The normalized spacial score (nSPS) is 14.7. The fraction of sp³-hybridized carbons (Fsp3) is 0.647. The highest BCUT2D eigenvalue weighted by Gasteiger charge is 2.04. The Kier molecular flexibility index (Phi) is 10.8. The topological polar surface area (TPSA) is 20.2 Å². The lowest BCUT2D eigenvalue weighted by atomic mass is 10.0. The minimum atomic E-state index is -0.224. The molecule has 0 aliphatic rings. The molecule has 0 saturated heterocycles. The maximum atomic E-state index is 9.88. The number of aliphatic hydroxyl groups excluding tert-OH is 1. The Morgan fingerprint density at radius 1 is 1.17 bits per heavy atom. The smallest absolute Gasteiger partial charge is 0.0580 e. The predicted octanol–water partition coefficient (Wildman–Crippen LogP) is 5.18. The minimum absolute atomic E-state index is 0.224. The van der Waals surface area contributed by atoms with Crippen molar-refractivity contribution in [2.75, 3.05) is 0 Å². The summed E-state index contributed by atoms with van der Waals surface area (Å²) in [6.45, 7) is 10.4. The Bertz CT molecular complexity index is 273. The SMILES string of the molecule is C=C/C(=C\C=C(\C)CCCC)CC(O)CCCC. The van der Waals surface area contributed by atoms with E-state index in [0.29, 0.717) is 0 Å². The van der Waals surface area contributed by atoms with E-state index in [2.05, 4.69) is 39.5 Å². The lowest BCUT2D eigenvalue weighted by Gasteiger charge is -2.10. The van der Waals surface area contributed by atoms with Gasteiger partial charge in [0.2, 0.25) is 0 Å². The average Bonchev–Trinajstić information content (AvgIpc) is 2.38. The van der Waals surface area contributed by atoms with Crippen LogP contribution in [0.1, 0.15) is 65.7 Å². The molecule has 0 aromatic heterocycles. The molecular weight excluding hydrogens is 220 g/mol. The Balaban J connectivity index is 4.25. The third kappa shape index (κ3) is 9.23. The summed E-state index contributed by atoms with van der Waals surface area (Å²) in [5.41, 5.74) is 2.54. The second-order valence-electron chi connectivity index (χ2n) is 5.06. The number of allylic oxidation sites excluding steroid dienone is 4. The molecule has 0 bridgehead atoms. The summed E-state index contributed by atoms with van der Waals surface area (Å²) in [4.78, 5) is 0. The van der Waals surface area contributed by atoms with Gasteiger partial charge < -0.3 is 5.11 Å². The average molecular weight is 250 g/mol. The van der Waals surface area contributed by atoms with Crippen LogP contribution in [0.5, 0.6) is 0 Å². The van der Waals surface area contributed by atoms with Crippen LogP contribution in [-0.4, -0.2) is 11.2 Å². The van der Waals surface area contributed by atoms with Crippen LogP contribution >= 0.6 is 0 Å². The van der Waals surface area contributed by atoms with E-state index in [9.17, 15) is 5.11 Å². The quantitative estimate of drug-likeness (QED) is 0.530. The summed E-state index contributed by atoms with van der Waals surface area (Å²) in [7, 11) is 0. The van der Waals surface area contributed by atoms with Crippen molar-refractivity contribution in [2.45, 2.75) is 71.8 Å². The number of aliphatic hydroxyl groups is 1. The van der Waals surface area contributed by atoms with Crippen molar-refractivity contribution in [3.8, 4) is 0 Å². The number of rotatable bonds is 10. The molecule has 0 aliphatic heterocycles. The van der Waals surface area contributed by atoms with Crippen molar-refractivity contribution in [3.05, 3.63) is 36.0 Å². The molecule has 0 heterocycles. The van der Waals surface area contributed by atoms with Crippen LogP contribution in [0.2, 0.25) is 0 Å². The molecule has 0 aliphatic carbocycles. The third-order valence-electron chi connectivity index (χ3n) is 3.13. The van der Waals surface area contributed by atoms with E-state index in [4.69, 9.17) is 0 Å². The molecule has 0 amide bonds. The number of hydrogen-bond donors (Lipinski definition) is 1. The summed E-state index contributed by atoms with van der Waals surface area (Å²) in [5, 5.41) is 9.88. The number of unbranched alkanes of at least 4 members (excludes halogenated alkanes) is 2. The first-order valence-corrected chi connectivity index (χ1v) is 7.30. The van der Waals surface area contributed by atoms with Crippen LogP contribution in [0.3, 0.4) is 0 Å². The molecule has 18 heavy (non-hydrogen) atoms. The molecule has 1 heteroatoms. The van der Waals surface area contributed by atoms with Crippen molar-refractivity contribution in [3.63, 3.8) is 0 Å². The summed E-state index contributed by atoms with van der Waals surface area (Å²) in [6.07, 6.45) is 13.4. The minimum Gasteiger partial charge on any atom is -0.393 e. The lowest BCUT2D eigenvalue weighted by molar-refractivity contribution is 0.162. The zero-order valence-corrected chi connectivity index (χ0v) is 12.4. The van der Waals surface area contributed by atoms with Gasteiger partial charge in [-0.25, -0.2) is 0 Å². The Morgan fingerprint density at radius 2 is 1.83 bits per heavy atom.